The lowest BCUT2D eigenvalue weighted by atomic mass is 10.1. The predicted octanol–water partition coefficient (Wildman–Crippen LogP) is 1.60. The van der Waals surface area contributed by atoms with Crippen molar-refractivity contribution in [1.82, 2.24) is 0 Å². The summed E-state index contributed by atoms with van der Waals surface area (Å²) in [7, 11) is 0. The van der Waals surface area contributed by atoms with E-state index in [1.165, 1.54) is 6.08 Å². The van der Waals surface area contributed by atoms with Crippen LogP contribution in [0.25, 0.3) is 0 Å². The second kappa shape index (κ2) is 4.20. The average molecular weight is 158 g/mol. The van der Waals surface area contributed by atoms with Gasteiger partial charge in [0.25, 0.3) is 0 Å². The van der Waals surface area contributed by atoms with Crippen LogP contribution in [-0.4, -0.2) is 0 Å². The fourth-order valence-corrected chi connectivity index (χ4v) is 0.966. The van der Waals surface area contributed by atoms with Crippen LogP contribution in [0.5, 0.6) is 0 Å². The lowest BCUT2D eigenvalue weighted by Crippen LogP contribution is -2.00. The number of allylic oxidation sites excluding steroid dienone is 2. The van der Waals surface area contributed by atoms with Crippen LogP contribution in [-0.2, 0) is 6.42 Å². The minimum absolute atomic E-state index is 0.601. The fourth-order valence-electron chi connectivity index (χ4n) is 0.966. The molecule has 0 saturated carbocycles. The van der Waals surface area contributed by atoms with Crippen molar-refractivity contribution in [3.63, 3.8) is 0 Å². The van der Waals surface area contributed by atoms with E-state index >= 15 is 0 Å². The number of nitriles is 1. The van der Waals surface area contributed by atoms with E-state index in [0.717, 1.165) is 5.56 Å². The molecule has 0 heterocycles. The van der Waals surface area contributed by atoms with E-state index in [-0.39, 0.29) is 0 Å². The first-order valence-electron chi connectivity index (χ1n) is 3.71. The van der Waals surface area contributed by atoms with Crippen LogP contribution in [0.3, 0.4) is 0 Å². The van der Waals surface area contributed by atoms with Crippen LogP contribution in [0.2, 0.25) is 0 Å². The molecule has 0 atom stereocenters. The van der Waals surface area contributed by atoms with Gasteiger partial charge in [0, 0.05) is 18.2 Å². The predicted molar refractivity (Wildman–Crippen MR) is 48.0 cm³/mol. The van der Waals surface area contributed by atoms with E-state index in [2.05, 4.69) is 0 Å². The molecular weight excluding hydrogens is 148 g/mol. The molecule has 0 aromatic heterocycles. The zero-order chi connectivity index (χ0) is 8.81. The van der Waals surface area contributed by atoms with Gasteiger partial charge >= 0.3 is 0 Å². The van der Waals surface area contributed by atoms with Crippen LogP contribution in [0.1, 0.15) is 5.56 Å². The SMILES string of the molecule is N#CC=C(N)Cc1ccccc1. The summed E-state index contributed by atoms with van der Waals surface area (Å²) in [4.78, 5) is 0. The molecule has 0 saturated heterocycles. The molecule has 0 aliphatic carbocycles. The first-order valence-corrected chi connectivity index (χ1v) is 3.71. The van der Waals surface area contributed by atoms with Gasteiger partial charge in [0.2, 0.25) is 0 Å². The second-order valence-electron chi connectivity index (χ2n) is 2.51. The maximum absolute atomic E-state index is 8.31. The van der Waals surface area contributed by atoms with E-state index in [4.69, 9.17) is 11.0 Å². The molecule has 1 aromatic carbocycles. The molecule has 0 amide bonds. The molecule has 0 unspecified atom stereocenters. The van der Waals surface area contributed by atoms with Gasteiger partial charge in [0.15, 0.2) is 0 Å². The van der Waals surface area contributed by atoms with Crippen molar-refractivity contribution in [2.24, 2.45) is 5.73 Å². The average Bonchev–Trinajstić information content (AvgIpc) is 2.06. The quantitative estimate of drug-likeness (QED) is 0.664. The molecule has 0 aliphatic heterocycles. The summed E-state index contributed by atoms with van der Waals surface area (Å²) in [5.41, 5.74) is 7.28. The van der Waals surface area contributed by atoms with Gasteiger partial charge in [-0.15, -0.1) is 0 Å². The molecule has 0 fully saturated rings. The zero-order valence-electron chi connectivity index (χ0n) is 6.70. The minimum atomic E-state index is 0.601. The molecule has 0 aliphatic rings. The number of nitrogens with two attached hydrogens (primary N) is 1. The Morgan fingerprint density at radius 3 is 2.67 bits per heavy atom. The summed E-state index contributed by atoms with van der Waals surface area (Å²) in [6, 6.07) is 11.7. The van der Waals surface area contributed by atoms with Crippen molar-refractivity contribution in [2.45, 2.75) is 6.42 Å². The maximum Gasteiger partial charge on any atom is 0.0930 e. The molecule has 2 N–H and O–H groups in total. The summed E-state index contributed by atoms with van der Waals surface area (Å²) in [6.07, 6.45) is 2.02. The summed E-state index contributed by atoms with van der Waals surface area (Å²) >= 11 is 0. The van der Waals surface area contributed by atoms with Crippen LogP contribution in [0.4, 0.5) is 0 Å². The van der Waals surface area contributed by atoms with E-state index < -0.39 is 0 Å². The Hall–Kier alpha value is -1.75. The summed E-state index contributed by atoms with van der Waals surface area (Å²) in [6.45, 7) is 0. The topological polar surface area (TPSA) is 49.8 Å². The van der Waals surface area contributed by atoms with E-state index in [9.17, 15) is 0 Å². The van der Waals surface area contributed by atoms with E-state index in [1.54, 1.807) is 0 Å². The van der Waals surface area contributed by atoms with Gasteiger partial charge in [-0.2, -0.15) is 5.26 Å². The highest BCUT2D eigenvalue weighted by molar-refractivity contribution is 5.22. The summed E-state index contributed by atoms with van der Waals surface area (Å²) < 4.78 is 0. The van der Waals surface area contributed by atoms with Gasteiger partial charge in [-0.1, -0.05) is 30.3 Å². The Labute approximate surface area is 71.9 Å². The van der Waals surface area contributed by atoms with Gasteiger partial charge in [-0.25, -0.2) is 0 Å². The Morgan fingerprint density at radius 2 is 2.08 bits per heavy atom. The van der Waals surface area contributed by atoms with Gasteiger partial charge in [0.05, 0.1) is 6.07 Å². The number of hydrogen-bond donors (Lipinski definition) is 1. The van der Waals surface area contributed by atoms with Gasteiger partial charge in [-0.05, 0) is 5.56 Å². The number of nitrogens with zero attached hydrogens (tertiary/aromatic N) is 1. The number of rotatable bonds is 2. The third-order valence-corrected chi connectivity index (χ3v) is 1.50. The van der Waals surface area contributed by atoms with Crippen molar-refractivity contribution >= 4 is 0 Å². The Bertz CT molecular complexity index is 306. The van der Waals surface area contributed by atoms with Gasteiger partial charge in [-0.3, -0.25) is 0 Å². The molecule has 2 heteroatoms. The second-order valence-corrected chi connectivity index (χ2v) is 2.51. The Morgan fingerprint density at radius 1 is 1.42 bits per heavy atom. The standard InChI is InChI=1S/C10H10N2/c11-7-6-10(12)8-9-4-2-1-3-5-9/h1-6H,8,12H2. The maximum atomic E-state index is 8.31. The molecule has 1 rings (SSSR count). The fraction of sp³-hybridized carbons (Fsp3) is 0.100. The molecule has 1 aromatic rings. The Balaban J connectivity index is 2.66. The molecule has 12 heavy (non-hydrogen) atoms. The first-order chi connectivity index (χ1) is 5.83. The highest BCUT2D eigenvalue weighted by Gasteiger charge is 1.92. The third kappa shape index (κ3) is 2.47. The van der Waals surface area contributed by atoms with Crippen molar-refractivity contribution in [3.8, 4) is 6.07 Å². The summed E-state index contributed by atoms with van der Waals surface area (Å²) in [5, 5.41) is 8.31. The largest absolute Gasteiger partial charge is 0.401 e. The van der Waals surface area contributed by atoms with Crippen LogP contribution < -0.4 is 5.73 Å². The van der Waals surface area contributed by atoms with Gasteiger partial charge in [0.1, 0.15) is 0 Å². The molecular formula is C10H10N2. The van der Waals surface area contributed by atoms with Crippen molar-refractivity contribution in [3.05, 3.63) is 47.7 Å². The molecule has 60 valence electrons. The van der Waals surface area contributed by atoms with Crippen molar-refractivity contribution in [2.75, 3.05) is 0 Å². The molecule has 2 nitrogen and oxygen atoms in total. The first kappa shape index (κ1) is 8.35. The van der Waals surface area contributed by atoms with Gasteiger partial charge < -0.3 is 5.73 Å². The highest BCUT2D eigenvalue weighted by atomic mass is 14.6. The van der Waals surface area contributed by atoms with Crippen LogP contribution >= 0.6 is 0 Å². The Kier molecular flexibility index (Phi) is 2.92. The number of hydrogen-bond acceptors (Lipinski definition) is 2. The van der Waals surface area contributed by atoms with Crippen LogP contribution in [0.15, 0.2) is 42.1 Å². The monoisotopic (exact) mass is 158 g/mol. The van der Waals surface area contributed by atoms with E-state index in [0.29, 0.717) is 12.1 Å². The third-order valence-electron chi connectivity index (χ3n) is 1.50. The molecule has 0 spiro atoms. The van der Waals surface area contributed by atoms with E-state index in [1.807, 2.05) is 36.4 Å². The molecule has 0 radical (unpaired) electrons. The van der Waals surface area contributed by atoms with Crippen molar-refractivity contribution < 1.29 is 0 Å². The zero-order valence-corrected chi connectivity index (χ0v) is 6.70. The lowest BCUT2D eigenvalue weighted by Gasteiger charge is -1.98. The lowest BCUT2D eigenvalue weighted by molar-refractivity contribution is 1.11. The normalized spacial score (nSPS) is 10.8. The number of benzene rings is 1. The smallest absolute Gasteiger partial charge is 0.0930 e. The minimum Gasteiger partial charge on any atom is -0.401 e. The summed E-state index contributed by atoms with van der Waals surface area (Å²) in [5.74, 6) is 0. The van der Waals surface area contributed by atoms with Crippen LogP contribution in [0, 0.1) is 11.3 Å². The van der Waals surface area contributed by atoms with Crippen molar-refractivity contribution in [1.29, 1.82) is 5.26 Å². The highest BCUT2D eigenvalue weighted by Crippen LogP contribution is 2.02. The molecule has 0 bridgehead atoms.